The molecule has 2 aliphatic heterocycles. The van der Waals surface area contributed by atoms with Crippen LogP contribution in [-0.4, -0.2) is 70.1 Å². The Labute approximate surface area is 230 Å². The van der Waals surface area contributed by atoms with Gasteiger partial charge in [-0.1, -0.05) is 18.2 Å². The van der Waals surface area contributed by atoms with E-state index in [-0.39, 0.29) is 11.7 Å². The maximum Gasteiger partial charge on any atom is 0.219 e. The quantitative estimate of drug-likeness (QED) is 0.380. The van der Waals surface area contributed by atoms with Gasteiger partial charge in [0.2, 0.25) is 5.88 Å². The van der Waals surface area contributed by atoms with Gasteiger partial charge in [-0.3, -0.25) is 4.90 Å². The van der Waals surface area contributed by atoms with Gasteiger partial charge in [0.25, 0.3) is 0 Å². The Kier molecular flexibility index (Phi) is 8.01. The second kappa shape index (κ2) is 11.3. The number of hydrogen-bond acceptors (Lipinski definition) is 7. The van der Waals surface area contributed by atoms with Crippen molar-refractivity contribution in [2.45, 2.75) is 77.7 Å². The predicted molar refractivity (Wildman–Crippen MR) is 151 cm³/mol. The molecule has 0 spiro atoms. The Balaban J connectivity index is 1.51. The van der Waals surface area contributed by atoms with Crippen LogP contribution in [0.5, 0.6) is 5.88 Å². The number of piperidine rings is 1. The molecule has 1 unspecified atom stereocenters. The van der Waals surface area contributed by atoms with Gasteiger partial charge in [0.1, 0.15) is 29.7 Å². The van der Waals surface area contributed by atoms with Crippen molar-refractivity contribution in [1.82, 2.24) is 24.8 Å². The number of rotatable bonds is 8. The molecule has 1 N–H and O–H groups in total. The summed E-state index contributed by atoms with van der Waals surface area (Å²) in [5.41, 5.74) is 2.09. The van der Waals surface area contributed by atoms with Crippen molar-refractivity contribution >= 4 is 16.9 Å². The first kappa shape index (κ1) is 27.6. The molecule has 0 aliphatic carbocycles. The molecular weight excluding hydrogens is 498 g/mol. The highest BCUT2D eigenvalue weighted by molar-refractivity contribution is 5.88. The summed E-state index contributed by atoms with van der Waals surface area (Å²) in [5, 5.41) is 4.16. The van der Waals surface area contributed by atoms with E-state index in [1.54, 1.807) is 12.1 Å². The minimum Gasteiger partial charge on any atom is -0.471 e. The Morgan fingerprint density at radius 2 is 1.72 bits per heavy atom. The second-order valence-corrected chi connectivity index (χ2v) is 11.5. The smallest absolute Gasteiger partial charge is 0.219 e. The number of aryl methyl sites for hydroxylation is 1. The number of hydrogen-bond donors (Lipinski definition) is 1. The van der Waals surface area contributed by atoms with Crippen molar-refractivity contribution in [3.05, 3.63) is 52.6 Å². The van der Waals surface area contributed by atoms with Crippen LogP contribution in [0.15, 0.2) is 24.3 Å². The molecule has 1 aromatic carbocycles. The van der Waals surface area contributed by atoms with E-state index in [0.29, 0.717) is 40.7 Å². The Morgan fingerprint density at radius 1 is 1.03 bits per heavy atom. The van der Waals surface area contributed by atoms with E-state index in [9.17, 15) is 4.39 Å². The molecule has 0 amide bonds. The van der Waals surface area contributed by atoms with Crippen molar-refractivity contribution in [3.63, 3.8) is 0 Å². The number of nitrogens with one attached hydrogen (secondary N) is 1. The van der Waals surface area contributed by atoms with Crippen LogP contribution in [0.25, 0.3) is 11.0 Å². The van der Waals surface area contributed by atoms with Gasteiger partial charge in [0, 0.05) is 35.8 Å². The van der Waals surface area contributed by atoms with Crippen LogP contribution in [-0.2, 0) is 0 Å². The molecule has 5 rings (SSSR count). The molecule has 4 heterocycles. The van der Waals surface area contributed by atoms with Crippen molar-refractivity contribution in [1.29, 1.82) is 0 Å². The average Bonchev–Trinajstić information content (AvgIpc) is 2.87. The third kappa shape index (κ3) is 5.84. The van der Waals surface area contributed by atoms with Crippen LogP contribution < -0.4 is 10.1 Å². The van der Waals surface area contributed by atoms with E-state index in [1.165, 1.54) is 13.0 Å². The van der Waals surface area contributed by atoms with Crippen molar-refractivity contribution < 1.29 is 13.5 Å². The maximum absolute atomic E-state index is 15.2. The van der Waals surface area contributed by atoms with Gasteiger partial charge < -0.3 is 15.0 Å². The lowest BCUT2D eigenvalue weighted by atomic mass is 9.89. The molecule has 39 heavy (non-hydrogen) atoms. The average molecular weight is 539 g/mol. The topological polar surface area (TPSA) is 66.4 Å². The van der Waals surface area contributed by atoms with Gasteiger partial charge in [-0.05, 0) is 79.6 Å². The predicted octanol–water partition coefficient (Wildman–Crippen LogP) is 5.96. The molecule has 2 aromatic heterocycles. The lowest BCUT2D eigenvalue weighted by molar-refractivity contribution is 0.0344. The molecule has 0 radical (unpaired) electrons. The summed E-state index contributed by atoms with van der Waals surface area (Å²) >= 11 is 0. The number of ether oxygens (including phenoxy) is 1. The third-order valence-corrected chi connectivity index (χ3v) is 8.11. The fourth-order valence-corrected chi connectivity index (χ4v) is 5.75. The first-order valence-corrected chi connectivity index (χ1v) is 14.1. The number of likely N-dealkylation sites (tertiary alicyclic amines) is 2. The fourth-order valence-electron chi connectivity index (χ4n) is 5.75. The molecule has 3 aromatic rings. The summed E-state index contributed by atoms with van der Waals surface area (Å²) in [4.78, 5) is 19.0. The zero-order valence-corrected chi connectivity index (χ0v) is 23.8. The van der Waals surface area contributed by atoms with Crippen molar-refractivity contribution in [2.24, 2.45) is 0 Å². The first-order valence-electron chi connectivity index (χ1n) is 14.1. The SMILES string of the molecule is Cc1nc(N[C@H](C)c2cccc(C(C)F)c2F)c2cc(C3CCN(C(C)C)CC3)c(OC3CN(C)C3)nc2n1. The zero-order valence-electron chi connectivity index (χ0n) is 23.8. The summed E-state index contributed by atoms with van der Waals surface area (Å²) in [6.07, 6.45) is 0.778. The summed E-state index contributed by atoms with van der Waals surface area (Å²) in [7, 11) is 2.08. The van der Waals surface area contributed by atoms with Crippen molar-refractivity contribution in [3.8, 4) is 5.88 Å². The van der Waals surface area contributed by atoms with E-state index in [4.69, 9.17) is 9.72 Å². The van der Waals surface area contributed by atoms with Gasteiger partial charge in [-0.25, -0.2) is 18.7 Å². The molecule has 0 bridgehead atoms. The summed E-state index contributed by atoms with van der Waals surface area (Å²) < 4.78 is 35.6. The third-order valence-electron chi connectivity index (χ3n) is 8.11. The van der Waals surface area contributed by atoms with Crippen LogP contribution in [0.3, 0.4) is 0 Å². The van der Waals surface area contributed by atoms with Crippen LogP contribution >= 0.6 is 0 Å². The second-order valence-electron chi connectivity index (χ2n) is 11.5. The van der Waals surface area contributed by atoms with E-state index in [2.05, 4.69) is 52.0 Å². The molecule has 2 atom stereocenters. The van der Waals surface area contributed by atoms with Gasteiger partial charge in [0.05, 0.1) is 11.4 Å². The molecule has 7 nitrogen and oxygen atoms in total. The van der Waals surface area contributed by atoms with Crippen LogP contribution in [0.2, 0.25) is 0 Å². The Morgan fingerprint density at radius 3 is 2.36 bits per heavy atom. The monoisotopic (exact) mass is 538 g/mol. The lowest BCUT2D eigenvalue weighted by Gasteiger charge is -2.38. The van der Waals surface area contributed by atoms with E-state index < -0.39 is 18.0 Å². The lowest BCUT2D eigenvalue weighted by Crippen LogP contribution is -2.51. The number of alkyl halides is 1. The van der Waals surface area contributed by atoms with Crippen LogP contribution in [0.1, 0.15) is 81.2 Å². The largest absolute Gasteiger partial charge is 0.471 e. The van der Waals surface area contributed by atoms with Crippen molar-refractivity contribution in [2.75, 3.05) is 38.5 Å². The number of anilines is 1. The van der Waals surface area contributed by atoms with E-state index >= 15 is 4.39 Å². The van der Waals surface area contributed by atoms with Crippen LogP contribution in [0.4, 0.5) is 14.6 Å². The first-order chi connectivity index (χ1) is 18.6. The van der Waals surface area contributed by atoms with Crippen LogP contribution in [0, 0.1) is 12.7 Å². The number of pyridine rings is 1. The summed E-state index contributed by atoms with van der Waals surface area (Å²) in [6, 6.07) is 7.07. The molecule has 210 valence electrons. The molecule has 2 aliphatic rings. The number of aromatic nitrogens is 3. The van der Waals surface area contributed by atoms with E-state index in [0.717, 1.165) is 50.0 Å². The molecular formula is C30H40F2N6O. The minimum absolute atomic E-state index is 0.0602. The van der Waals surface area contributed by atoms with Gasteiger partial charge in [-0.2, -0.15) is 4.98 Å². The number of fused-ring (bicyclic) bond motifs is 1. The minimum atomic E-state index is -1.39. The highest BCUT2D eigenvalue weighted by Crippen LogP contribution is 2.38. The summed E-state index contributed by atoms with van der Waals surface area (Å²) in [5.74, 6) is 1.60. The maximum atomic E-state index is 15.2. The van der Waals surface area contributed by atoms with Gasteiger partial charge in [0.15, 0.2) is 5.65 Å². The zero-order chi connectivity index (χ0) is 27.8. The molecule has 0 saturated carbocycles. The molecule has 2 saturated heterocycles. The highest BCUT2D eigenvalue weighted by Gasteiger charge is 2.31. The number of benzene rings is 1. The van der Waals surface area contributed by atoms with E-state index in [1.807, 2.05) is 13.8 Å². The number of halogens is 2. The summed E-state index contributed by atoms with van der Waals surface area (Å²) in [6.45, 7) is 13.3. The van der Waals surface area contributed by atoms with Gasteiger partial charge in [-0.15, -0.1) is 0 Å². The fraction of sp³-hybridized carbons (Fsp3) is 0.567. The Bertz CT molecular complexity index is 1320. The Hall–Kier alpha value is -2.91. The normalized spacial score (nSPS) is 19.3. The molecule has 9 heteroatoms. The molecule has 2 fully saturated rings. The number of likely N-dealkylation sites (N-methyl/N-ethyl adjacent to an activating group) is 1. The highest BCUT2D eigenvalue weighted by atomic mass is 19.1. The number of nitrogens with zero attached hydrogens (tertiary/aromatic N) is 5. The standard InChI is InChI=1S/C30H40F2N6O/c1-17(2)38-12-10-21(11-13-38)25-14-26-28(33-19(4)24-9-7-8-23(18(3)31)27(24)32)34-20(5)35-29(26)36-30(25)39-22-15-37(6)16-22/h7-9,14,17-19,21-22H,10-13,15-16H2,1-6H3,(H,33,34,35,36)/t18?,19-/m1/s1. The van der Waals surface area contributed by atoms with Gasteiger partial charge >= 0.3 is 0 Å².